The molecule has 2 rings (SSSR count). The van der Waals surface area contributed by atoms with Gasteiger partial charge in [-0.2, -0.15) is 0 Å². The zero-order valence-electron chi connectivity index (χ0n) is 12.2. The van der Waals surface area contributed by atoms with Gasteiger partial charge in [0.05, 0.1) is 10.7 Å². The smallest absolute Gasteiger partial charge is 0.240 e. The number of nitrogens with one attached hydrogen (secondary N) is 1. The van der Waals surface area contributed by atoms with Crippen LogP contribution in [0.15, 0.2) is 77.9 Å². The summed E-state index contributed by atoms with van der Waals surface area (Å²) in [6, 6.07) is 18.1. The van der Waals surface area contributed by atoms with Gasteiger partial charge in [-0.1, -0.05) is 55.1 Å². The van der Waals surface area contributed by atoms with Crippen LogP contribution in [0, 0.1) is 0 Å². The Bertz CT molecular complexity index is 697. The molecule has 0 unspecified atom stereocenters. The van der Waals surface area contributed by atoms with E-state index in [1.165, 1.54) is 0 Å². The molecular weight excluding hydrogens is 298 g/mol. The average molecular weight is 317 g/mol. The fourth-order valence-corrected chi connectivity index (χ4v) is 2.96. The van der Waals surface area contributed by atoms with Crippen molar-refractivity contribution in [3.63, 3.8) is 0 Å². The molecule has 0 saturated heterocycles. The van der Waals surface area contributed by atoms with Crippen LogP contribution in [-0.4, -0.2) is 21.6 Å². The molecule has 4 nitrogen and oxygen atoms in total. The molecule has 0 aromatic heterocycles. The normalized spacial score (nSPS) is 11.1. The minimum absolute atomic E-state index is 0.199. The molecule has 0 saturated carbocycles. The molecule has 22 heavy (non-hydrogen) atoms. The molecule has 0 aliphatic rings. The molecule has 2 aromatic rings. The van der Waals surface area contributed by atoms with Crippen LogP contribution in [0.1, 0.15) is 5.56 Å². The molecule has 0 atom stereocenters. The first-order valence-electron chi connectivity index (χ1n) is 6.97. The van der Waals surface area contributed by atoms with E-state index in [0.29, 0.717) is 12.2 Å². The lowest BCUT2D eigenvalue weighted by molar-refractivity contribution is 0.213. The molecular formula is C17H19NO3S. The molecule has 0 bridgehead atoms. The third-order valence-electron chi connectivity index (χ3n) is 3.00. The van der Waals surface area contributed by atoms with Gasteiger partial charge in [-0.15, -0.1) is 0 Å². The maximum Gasteiger partial charge on any atom is 0.240 e. The average Bonchev–Trinajstić information content (AvgIpc) is 2.53. The summed E-state index contributed by atoms with van der Waals surface area (Å²) in [5.41, 5.74) is 1.11. The highest BCUT2D eigenvalue weighted by molar-refractivity contribution is 7.89. The van der Waals surface area contributed by atoms with Gasteiger partial charge >= 0.3 is 0 Å². The number of benzene rings is 2. The number of hydrogen-bond donors (Lipinski definition) is 1. The second-order valence-corrected chi connectivity index (χ2v) is 6.53. The summed E-state index contributed by atoms with van der Waals surface area (Å²) in [6.45, 7) is 4.29. The maximum atomic E-state index is 12.0. The van der Waals surface area contributed by atoms with Crippen molar-refractivity contribution in [2.24, 2.45) is 0 Å². The Morgan fingerprint density at radius 3 is 2.23 bits per heavy atom. The van der Waals surface area contributed by atoms with Crippen molar-refractivity contribution in [1.82, 2.24) is 4.72 Å². The summed E-state index contributed by atoms with van der Waals surface area (Å²) >= 11 is 0. The van der Waals surface area contributed by atoms with Crippen LogP contribution in [-0.2, 0) is 21.2 Å². The molecule has 2 aromatic carbocycles. The topological polar surface area (TPSA) is 55.4 Å². The third kappa shape index (κ3) is 5.02. The molecule has 0 radical (unpaired) electrons. The monoisotopic (exact) mass is 317 g/mol. The van der Waals surface area contributed by atoms with E-state index < -0.39 is 10.0 Å². The lowest BCUT2D eigenvalue weighted by Gasteiger charge is -2.10. The lowest BCUT2D eigenvalue weighted by atomic mass is 10.1. The molecule has 0 aliphatic carbocycles. The van der Waals surface area contributed by atoms with E-state index in [1.54, 1.807) is 30.3 Å². The van der Waals surface area contributed by atoms with E-state index in [9.17, 15) is 8.42 Å². The molecule has 1 N–H and O–H groups in total. The summed E-state index contributed by atoms with van der Waals surface area (Å²) in [5, 5.41) is 0. The van der Waals surface area contributed by atoms with Gasteiger partial charge in [-0.25, -0.2) is 13.1 Å². The van der Waals surface area contributed by atoms with Crippen molar-refractivity contribution in [3.05, 3.63) is 78.6 Å². The molecule has 0 heterocycles. The largest absolute Gasteiger partial charge is 0.497 e. The molecule has 0 aliphatic heterocycles. The van der Waals surface area contributed by atoms with Crippen LogP contribution in [0.2, 0.25) is 0 Å². The lowest BCUT2D eigenvalue weighted by Crippen LogP contribution is -2.27. The van der Waals surface area contributed by atoms with Gasteiger partial charge in [0.1, 0.15) is 6.61 Å². The van der Waals surface area contributed by atoms with E-state index >= 15 is 0 Å². The Morgan fingerprint density at radius 2 is 1.59 bits per heavy atom. The highest BCUT2D eigenvalue weighted by atomic mass is 32.2. The zero-order valence-corrected chi connectivity index (χ0v) is 13.1. The van der Waals surface area contributed by atoms with E-state index in [4.69, 9.17) is 4.74 Å². The van der Waals surface area contributed by atoms with Crippen molar-refractivity contribution in [2.75, 3.05) is 13.2 Å². The predicted molar refractivity (Wildman–Crippen MR) is 86.9 cm³/mol. The second kappa shape index (κ2) is 7.77. The van der Waals surface area contributed by atoms with Gasteiger partial charge in [0, 0.05) is 13.0 Å². The summed E-state index contributed by atoms with van der Waals surface area (Å²) in [5.74, 6) is 0.616. The minimum Gasteiger partial charge on any atom is -0.497 e. The number of rotatable bonds is 8. The molecule has 5 heteroatoms. The first-order valence-corrected chi connectivity index (χ1v) is 8.45. The van der Waals surface area contributed by atoms with Crippen molar-refractivity contribution < 1.29 is 13.2 Å². The van der Waals surface area contributed by atoms with Crippen molar-refractivity contribution in [3.8, 4) is 0 Å². The minimum atomic E-state index is -3.48. The summed E-state index contributed by atoms with van der Waals surface area (Å²) in [7, 11) is -3.48. The number of ether oxygens (including phenoxy) is 1. The second-order valence-electron chi connectivity index (χ2n) is 4.76. The molecule has 0 fully saturated rings. The van der Waals surface area contributed by atoms with Gasteiger partial charge in [0.25, 0.3) is 0 Å². The third-order valence-corrected chi connectivity index (χ3v) is 4.47. The van der Waals surface area contributed by atoms with E-state index in [-0.39, 0.29) is 18.0 Å². The highest BCUT2D eigenvalue weighted by Gasteiger charge is 2.12. The Balaban J connectivity index is 1.74. The van der Waals surface area contributed by atoms with Gasteiger partial charge in [0.15, 0.2) is 0 Å². The molecule has 116 valence electrons. The number of hydrogen-bond acceptors (Lipinski definition) is 3. The Kier molecular flexibility index (Phi) is 5.75. The summed E-state index contributed by atoms with van der Waals surface area (Å²) in [4.78, 5) is 0.248. The number of allylic oxidation sites excluding steroid dienone is 1. The standard InChI is InChI=1S/C17H19NO3S/c1-15(14-16-8-4-2-5-9-16)21-13-12-18-22(19,20)17-10-6-3-7-11-17/h2-11,18H,1,12-14H2. The SMILES string of the molecule is C=C(Cc1ccccc1)OCCNS(=O)(=O)c1ccccc1. The Labute approximate surface area is 131 Å². The van der Waals surface area contributed by atoms with Crippen molar-refractivity contribution >= 4 is 10.0 Å². The van der Waals surface area contributed by atoms with Crippen LogP contribution in [0.5, 0.6) is 0 Å². The van der Waals surface area contributed by atoms with Gasteiger partial charge in [-0.3, -0.25) is 0 Å². The van der Waals surface area contributed by atoms with Gasteiger partial charge in [0.2, 0.25) is 10.0 Å². The predicted octanol–water partition coefficient (Wildman–Crippen LogP) is 2.74. The first kappa shape index (κ1) is 16.3. The zero-order chi connectivity index (χ0) is 15.8. The Morgan fingerprint density at radius 1 is 1.00 bits per heavy atom. The van der Waals surface area contributed by atoms with Crippen LogP contribution in [0.25, 0.3) is 0 Å². The van der Waals surface area contributed by atoms with E-state index in [0.717, 1.165) is 5.56 Å². The number of sulfonamides is 1. The quantitative estimate of drug-likeness (QED) is 0.601. The fraction of sp³-hybridized carbons (Fsp3) is 0.176. The van der Waals surface area contributed by atoms with Crippen LogP contribution in [0.4, 0.5) is 0 Å². The summed E-state index contributed by atoms with van der Waals surface area (Å²) < 4.78 is 31.9. The first-order chi connectivity index (χ1) is 10.6. The van der Waals surface area contributed by atoms with Crippen molar-refractivity contribution in [1.29, 1.82) is 0 Å². The summed E-state index contributed by atoms with van der Waals surface area (Å²) in [6.07, 6.45) is 0.617. The van der Waals surface area contributed by atoms with Crippen LogP contribution >= 0.6 is 0 Å². The van der Waals surface area contributed by atoms with Crippen molar-refractivity contribution in [2.45, 2.75) is 11.3 Å². The Hall–Kier alpha value is -2.11. The molecule has 0 spiro atoms. The van der Waals surface area contributed by atoms with E-state index in [1.807, 2.05) is 30.3 Å². The molecule has 0 amide bonds. The van der Waals surface area contributed by atoms with Crippen LogP contribution < -0.4 is 4.72 Å². The fourth-order valence-electron chi connectivity index (χ4n) is 1.93. The van der Waals surface area contributed by atoms with Gasteiger partial charge in [-0.05, 0) is 17.7 Å². The highest BCUT2D eigenvalue weighted by Crippen LogP contribution is 2.08. The van der Waals surface area contributed by atoms with Crippen LogP contribution in [0.3, 0.4) is 0 Å². The van der Waals surface area contributed by atoms with Gasteiger partial charge < -0.3 is 4.74 Å². The van der Waals surface area contributed by atoms with E-state index in [2.05, 4.69) is 11.3 Å². The maximum absolute atomic E-state index is 12.0.